The molecule has 4 heteroatoms. The molecular formula is C18H19NO3. The fourth-order valence-electron chi connectivity index (χ4n) is 2.54. The third kappa shape index (κ3) is 3.34. The molecule has 0 radical (unpaired) electrons. The average molecular weight is 297 g/mol. The number of benzene rings is 2. The van der Waals surface area contributed by atoms with Gasteiger partial charge in [-0.05, 0) is 49.6 Å². The van der Waals surface area contributed by atoms with Crippen LogP contribution >= 0.6 is 0 Å². The summed E-state index contributed by atoms with van der Waals surface area (Å²) >= 11 is 0. The van der Waals surface area contributed by atoms with Gasteiger partial charge in [0, 0.05) is 5.56 Å². The lowest BCUT2D eigenvalue weighted by Gasteiger charge is -2.15. The van der Waals surface area contributed by atoms with Crippen molar-refractivity contribution >= 4 is 11.9 Å². The van der Waals surface area contributed by atoms with Crippen LogP contribution in [0.3, 0.4) is 0 Å². The summed E-state index contributed by atoms with van der Waals surface area (Å²) in [5, 5.41) is 12.1. The van der Waals surface area contributed by atoms with Gasteiger partial charge in [-0.15, -0.1) is 0 Å². The van der Waals surface area contributed by atoms with Gasteiger partial charge in [-0.1, -0.05) is 30.3 Å². The summed E-state index contributed by atoms with van der Waals surface area (Å²) in [6, 6.07) is 12.8. The summed E-state index contributed by atoms with van der Waals surface area (Å²) in [5.74, 6) is -1.18. The Morgan fingerprint density at radius 2 is 1.59 bits per heavy atom. The van der Waals surface area contributed by atoms with Crippen LogP contribution in [-0.2, 0) is 0 Å². The van der Waals surface area contributed by atoms with Gasteiger partial charge in [-0.2, -0.15) is 0 Å². The molecule has 0 aliphatic heterocycles. The highest BCUT2D eigenvalue weighted by molar-refractivity contribution is 5.98. The maximum absolute atomic E-state index is 12.4. The molecule has 2 N–H and O–H groups in total. The molecule has 0 saturated heterocycles. The first-order valence-electron chi connectivity index (χ1n) is 7.10. The fraction of sp³-hybridized carbons (Fsp3) is 0.222. The predicted octanol–water partition coefficient (Wildman–Crippen LogP) is 3.49. The third-order valence-electron chi connectivity index (χ3n) is 3.66. The Balaban J connectivity index is 2.22. The van der Waals surface area contributed by atoms with Crippen molar-refractivity contribution in [3.8, 4) is 0 Å². The number of rotatable bonds is 4. The molecule has 0 aromatic heterocycles. The van der Waals surface area contributed by atoms with E-state index in [9.17, 15) is 9.59 Å². The van der Waals surface area contributed by atoms with Crippen molar-refractivity contribution in [1.82, 2.24) is 5.32 Å². The zero-order valence-corrected chi connectivity index (χ0v) is 12.9. The quantitative estimate of drug-likeness (QED) is 0.907. The number of hydrogen-bond acceptors (Lipinski definition) is 2. The number of aromatic carboxylic acids is 1. The molecule has 0 saturated carbocycles. The lowest BCUT2D eigenvalue weighted by Crippen LogP contribution is -2.27. The maximum atomic E-state index is 12.4. The van der Waals surface area contributed by atoms with Gasteiger partial charge >= 0.3 is 5.97 Å². The molecule has 1 atom stereocenters. The summed E-state index contributed by atoms with van der Waals surface area (Å²) in [5.41, 5.74) is 2.93. The van der Waals surface area contributed by atoms with Crippen LogP contribution in [-0.4, -0.2) is 17.0 Å². The van der Waals surface area contributed by atoms with E-state index in [1.807, 2.05) is 37.3 Å². The van der Waals surface area contributed by atoms with Crippen LogP contribution in [0.15, 0.2) is 42.5 Å². The number of aryl methyl sites for hydroxylation is 2. The second-order valence-electron chi connectivity index (χ2n) is 5.40. The molecule has 0 unspecified atom stereocenters. The number of amides is 1. The second kappa shape index (κ2) is 6.43. The Hall–Kier alpha value is -2.62. The molecule has 0 heterocycles. The van der Waals surface area contributed by atoms with Crippen LogP contribution < -0.4 is 5.32 Å². The molecule has 1 amide bonds. The number of nitrogens with one attached hydrogen (secondary N) is 1. The minimum absolute atomic E-state index is 0.117. The number of carbonyl (C=O) groups is 2. The molecule has 0 fully saturated rings. The van der Waals surface area contributed by atoms with Gasteiger partial charge in [0.2, 0.25) is 0 Å². The maximum Gasteiger partial charge on any atom is 0.336 e. The monoisotopic (exact) mass is 297 g/mol. The van der Waals surface area contributed by atoms with Crippen LogP contribution in [0.5, 0.6) is 0 Å². The fourth-order valence-corrected chi connectivity index (χ4v) is 2.54. The zero-order chi connectivity index (χ0) is 16.3. The standard InChI is InChI=1S/C18H19NO3/c1-11-9-15(10-12(2)16(11)18(21)22)17(20)19-13(3)14-7-5-4-6-8-14/h4-10,13H,1-3H3,(H,19,20)(H,21,22)/t13-/m1/s1. The van der Waals surface area contributed by atoms with Crippen molar-refractivity contribution in [3.05, 3.63) is 70.3 Å². The van der Waals surface area contributed by atoms with E-state index in [4.69, 9.17) is 5.11 Å². The van der Waals surface area contributed by atoms with Crippen LogP contribution in [0.2, 0.25) is 0 Å². The number of hydrogen-bond donors (Lipinski definition) is 2. The Morgan fingerprint density at radius 3 is 2.09 bits per heavy atom. The Labute approximate surface area is 129 Å². The van der Waals surface area contributed by atoms with Gasteiger partial charge < -0.3 is 10.4 Å². The highest BCUT2D eigenvalue weighted by Crippen LogP contribution is 2.18. The Morgan fingerprint density at radius 1 is 1.05 bits per heavy atom. The van der Waals surface area contributed by atoms with E-state index >= 15 is 0 Å². The van der Waals surface area contributed by atoms with Crippen LogP contribution in [0.25, 0.3) is 0 Å². The van der Waals surface area contributed by atoms with Gasteiger partial charge in [0.25, 0.3) is 5.91 Å². The summed E-state index contributed by atoms with van der Waals surface area (Å²) < 4.78 is 0. The highest BCUT2D eigenvalue weighted by atomic mass is 16.4. The van der Waals surface area contributed by atoms with Crippen LogP contribution in [0.1, 0.15) is 50.4 Å². The van der Waals surface area contributed by atoms with Crippen molar-refractivity contribution in [2.45, 2.75) is 26.8 Å². The van der Waals surface area contributed by atoms with Crippen LogP contribution in [0, 0.1) is 13.8 Å². The van der Waals surface area contributed by atoms with E-state index in [2.05, 4.69) is 5.32 Å². The molecule has 0 aliphatic carbocycles. The second-order valence-corrected chi connectivity index (χ2v) is 5.40. The predicted molar refractivity (Wildman–Crippen MR) is 85.2 cm³/mol. The number of carboxylic acid groups (broad SMARTS) is 1. The summed E-state index contributed by atoms with van der Waals surface area (Å²) in [6.45, 7) is 5.32. The van der Waals surface area contributed by atoms with Crippen molar-refractivity contribution in [1.29, 1.82) is 0 Å². The van der Waals surface area contributed by atoms with E-state index in [1.54, 1.807) is 26.0 Å². The van der Waals surface area contributed by atoms with E-state index in [0.717, 1.165) is 5.56 Å². The minimum atomic E-state index is -0.973. The van der Waals surface area contributed by atoms with E-state index < -0.39 is 5.97 Å². The lowest BCUT2D eigenvalue weighted by atomic mass is 9.98. The first kappa shape index (κ1) is 15.8. The normalized spacial score (nSPS) is 11.8. The van der Waals surface area contributed by atoms with Crippen molar-refractivity contribution in [2.75, 3.05) is 0 Å². The van der Waals surface area contributed by atoms with Gasteiger partial charge in [0.05, 0.1) is 11.6 Å². The molecule has 22 heavy (non-hydrogen) atoms. The Bertz CT molecular complexity index is 685. The number of carboxylic acids is 1. The van der Waals surface area contributed by atoms with Gasteiger partial charge in [-0.3, -0.25) is 4.79 Å². The highest BCUT2D eigenvalue weighted by Gasteiger charge is 2.16. The minimum Gasteiger partial charge on any atom is -0.478 e. The Kier molecular flexibility index (Phi) is 4.61. The summed E-state index contributed by atoms with van der Waals surface area (Å²) in [7, 11) is 0. The molecule has 2 aromatic rings. The number of carbonyl (C=O) groups excluding carboxylic acids is 1. The first-order chi connectivity index (χ1) is 10.4. The summed E-state index contributed by atoms with van der Waals surface area (Å²) in [6.07, 6.45) is 0. The van der Waals surface area contributed by atoms with E-state index in [-0.39, 0.29) is 17.5 Å². The summed E-state index contributed by atoms with van der Waals surface area (Å²) in [4.78, 5) is 23.5. The molecular weight excluding hydrogens is 278 g/mol. The molecule has 0 bridgehead atoms. The third-order valence-corrected chi connectivity index (χ3v) is 3.66. The van der Waals surface area contributed by atoms with Gasteiger partial charge in [0.15, 0.2) is 0 Å². The van der Waals surface area contributed by atoms with Crippen molar-refractivity contribution < 1.29 is 14.7 Å². The average Bonchev–Trinajstić information content (AvgIpc) is 2.46. The smallest absolute Gasteiger partial charge is 0.336 e. The van der Waals surface area contributed by atoms with Crippen molar-refractivity contribution in [3.63, 3.8) is 0 Å². The van der Waals surface area contributed by atoms with Gasteiger partial charge in [0.1, 0.15) is 0 Å². The molecule has 114 valence electrons. The van der Waals surface area contributed by atoms with Crippen molar-refractivity contribution in [2.24, 2.45) is 0 Å². The van der Waals surface area contributed by atoms with E-state index in [0.29, 0.717) is 16.7 Å². The molecule has 2 aromatic carbocycles. The zero-order valence-electron chi connectivity index (χ0n) is 12.9. The molecule has 0 aliphatic rings. The topological polar surface area (TPSA) is 66.4 Å². The molecule has 2 rings (SSSR count). The largest absolute Gasteiger partial charge is 0.478 e. The van der Waals surface area contributed by atoms with Gasteiger partial charge in [-0.25, -0.2) is 4.79 Å². The first-order valence-corrected chi connectivity index (χ1v) is 7.10. The van der Waals surface area contributed by atoms with Crippen LogP contribution in [0.4, 0.5) is 0 Å². The lowest BCUT2D eigenvalue weighted by molar-refractivity contribution is 0.0694. The SMILES string of the molecule is Cc1cc(C(=O)N[C@H](C)c2ccccc2)cc(C)c1C(=O)O. The molecule has 0 spiro atoms. The van der Waals surface area contributed by atoms with E-state index in [1.165, 1.54) is 0 Å². The molecule has 4 nitrogen and oxygen atoms in total.